The van der Waals surface area contributed by atoms with E-state index in [4.69, 9.17) is 0 Å². The fourth-order valence-electron chi connectivity index (χ4n) is 3.20. The maximum absolute atomic E-state index is 10.5. The van der Waals surface area contributed by atoms with Crippen LogP contribution in [0.2, 0.25) is 0 Å². The van der Waals surface area contributed by atoms with Crippen LogP contribution in [0.1, 0.15) is 87.5 Å². The lowest BCUT2D eigenvalue weighted by Gasteiger charge is -2.18. The Morgan fingerprint density at radius 3 is 1.55 bits per heavy atom. The fraction of sp³-hybridized carbons (Fsp3) is 0.700. The summed E-state index contributed by atoms with van der Waals surface area (Å²) in [6.07, 6.45) is 11.2. The molecular formula is C20H34O2. The Balaban J connectivity index is 2.82. The zero-order chi connectivity index (χ0) is 16.5. The maximum Gasteiger partial charge on any atom is 0.125 e. The lowest BCUT2D eigenvalue weighted by atomic mass is 9.91. The molecule has 1 rings (SSSR count). The Morgan fingerprint density at radius 2 is 1.00 bits per heavy atom. The smallest absolute Gasteiger partial charge is 0.125 e. The molecule has 0 heterocycles. The molecule has 2 heteroatoms. The van der Waals surface area contributed by atoms with Crippen LogP contribution < -0.4 is 0 Å². The predicted molar refractivity (Wildman–Crippen MR) is 94.9 cm³/mol. The molecule has 2 N–H and O–H groups in total. The summed E-state index contributed by atoms with van der Waals surface area (Å²) in [4.78, 5) is 0. The minimum Gasteiger partial charge on any atom is -0.507 e. The van der Waals surface area contributed by atoms with Gasteiger partial charge in [-0.2, -0.15) is 0 Å². The first-order valence-electron chi connectivity index (χ1n) is 9.07. The van der Waals surface area contributed by atoms with Gasteiger partial charge in [-0.05, 0) is 56.2 Å². The summed E-state index contributed by atoms with van der Waals surface area (Å²) in [5.41, 5.74) is 3.83. The van der Waals surface area contributed by atoms with Crippen LogP contribution in [-0.2, 0) is 12.8 Å². The number of benzene rings is 1. The first-order chi connectivity index (χ1) is 10.5. The van der Waals surface area contributed by atoms with Gasteiger partial charge in [0.25, 0.3) is 0 Å². The Labute approximate surface area is 136 Å². The van der Waals surface area contributed by atoms with Crippen LogP contribution in [-0.4, -0.2) is 10.2 Å². The quantitative estimate of drug-likeness (QED) is 0.523. The van der Waals surface area contributed by atoms with Gasteiger partial charge in [0.1, 0.15) is 11.5 Å². The highest BCUT2D eigenvalue weighted by atomic mass is 16.3. The minimum atomic E-state index is 0.324. The number of unbranched alkanes of at least 4 members (excludes halogenated alkanes) is 6. The monoisotopic (exact) mass is 306 g/mol. The van der Waals surface area contributed by atoms with Gasteiger partial charge in [-0.1, -0.05) is 52.4 Å². The molecule has 2 nitrogen and oxygen atoms in total. The molecule has 0 aromatic heterocycles. The number of phenols is 2. The standard InChI is InChI=1S/C20H34O2/c1-5-7-9-10-12-14-18-19(21)15(3)17(13-11-8-6-2)16(4)20(18)22/h21-22H,5-14H2,1-4H3. The second-order valence-corrected chi connectivity index (χ2v) is 6.53. The molecule has 0 atom stereocenters. The third kappa shape index (κ3) is 4.93. The molecule has 1 aromatic carbocycles. The van der Waals surface area contributed by atoms with E-state index in [2.05, 4.69) is 13.8 Å². The van der Waals surface area contributed by atoms with E-state index in [9.17, 15) is 10.2 Å². The third-order valence-corrected chi connectivity index (χ3v) is 4.75. The normalized spacial score (nSPS) is 11.1. The van der Waals surface area contributed by atoms with Gasteiger partial charge in [0, 0.05) is 5.56 Å². The van der Waals surface area contributed by atoms with E-state index in [1.807, 2.05) is 13.8 Å². The Hall–Kier alpha value is -1.18. The van der Waals surface area contributed by atoms with Gasteiger partial charge in [-0.3, -0.25) is 0 Å². The summed E-state index contributed by atoms with van der Waals surface area (Å²) >= 11 is 0. The van der Waals surface area contributed by atoms with Crippen molar-refractivity contribution in [1.82, 2.24) is 0 Å². The van der Waals surface area contributed by atoms with Crippen LogP contribution in [0.25, 0.3) is 0 Å². The number of rotatable bonds is 10. The zero-order valence-electron chi connectivity index (χ0n) is 15.0. The molecule has 0 saturated carbocycles. The first-order valence-corrected chi connectivity index (χ1v) is 9.07. The Morgan fingerprint density at radius 1 is 0.591 bits per heavy atom. The molecule has 22 heavy (non-hydrogen) atoms. The lowest BCUT2D eigenvalue weighted by molar-refractivity contribution is 0.428. The average Bonchev–Trinajstić information content (AvgIpc) is 2.51. The summed E-state index contributed by atoms with van der Waals surface area (Å²) in [6.45, 7) is 8.38. The van der Waals surface area contributed by atoms with Crippen LogP contribution in [0, 0.1) is 13.8 Å². The second-order valence-electron chi connectivity index (χ2n) is 6.53. The fourth-order valence-corrected chi connectivity index (χ4v) is 3.20. The van der Waals surface area contributed by atoms with Gasteiger partial charge in [0.2, 0.25) is 0 Å². The molecule has 126 valence electrons. The van der Waals surface area contributed by atoms with Gasteiger partial charge in [0.05, 0.1) is 0 Å². The third-order valence-electron chi connectivity index (χ3n) is 4.75. The van der Waals surface area contributed by atoms with Gasteiger partial charge in [-0.15, -0.1) is 0 Å². The second kappa shape index (κ2) is 9.76. The largest absolute Gasteiger partial charge is 0.507 e. The molecule has 1 aromatic rings. The minimum absolute atomic E-state index is 0.324. The van der Waals surface area contributed by atoms with E-state index in [1.165, 1.54) is 38.5 Å². The number of aromatic hydroxyl groups is 2. The molecule has 0 radical (unpaired) electrons. The van der Waals surface area contributed by atoms with Crippen molar-refractivity contribution in [3.63, 3.8) is 0 Å². The molecule has 0 saturated heterocycles. The van der Waals surface area contributed by atoms with Gasteiger partial charge in [-0.25, -0.2) is 0 Å². The van der Waals surface area contributed by atoms with Crippen molar-refractivity contribution in [2.75, 3.05) is 0 Å². The first kappa shape index (κ1) is 18.9. The van der Waals surface area contributed by atoms with Crippen molar-refractivity contribution >= 4 is 0 Å². The van der Waals surface area contributed by atoms with E-state index in [0.29, 0.717) is 11.5 Å². The molecule has 0 fully saturated rings. The highest BCUT2D eigenvalue weighted by molar-refractivity contribution is 5.57. The molecule has 0 amide bonds. The van der Waals surface area contributed by atoms with E-state index < -0.39 is 0 Å². The van der Waals surface area contributed by atoms with E-state index in [1.54, 1.807) is 0 Å². The summed E-state index contributed by atoms with van der Waals surface area (Å²) in [7, 11) is 0. The molecule has 0 aliphatic rings. The van der Waals surface area contributed by atoms with Crippen LogP contribution in [0.4, 0.5) is 0 Å². The van der Waals surface area contributed by atoms with Crippen molar-refractivity contribution < 1.29 is 10.2 Å². The Bertz CT molecular complexity index is 434. The van der Waals surface area contributed by atoms with Gasteiger partial charge in [0.15, 0.2) is 0 Å². The van der Waals surface area contributed by atoms with Crippen molar-refractivity contribution in [2.24, 2.45) is 0 Å². The van der Waals surface area contributed by atoms with Crippen LogP contribution >= 0.6 is 0 Å². The van der Waals surface area contributed by atoms with E-state index in [0.717, 1.165) is 47.9 Å². The lowest BCUT2D eigenvalue weighted by Crippen LogP contribution is -2.00. The molecular weight excluding hydrogens is 272 g/mol. The summed E-state index contributed by atoms with van der Waals surface area (Å²) < 4.78 is 0. The van der Waals surface area contributed by atoms with E-state index in [-0.39, 0.29) is 0 Å². The summed E-state index contributed by atoms with van der Waals surface area (Å²) in [5, 5.41) is 21.0. The topological polar surface area (TPSA) is 40.5 Å². The summed E-state index contributed by atoms with van der Waals surface area (Å²) in [5.74, 6) is 0.648. The van der Waals surface area contributed by atoms with Gasteiger partial charge >= 0.3 is 0 Å². The van der Waals surface area contributed by atoms with Crippen LogP contribution in [0.5, 0.6) is 11.5 Å². The number of hydrogen-bond acceptors (Lipinski definition) is 2. The van der Waals surface area contributed by atoms with Crippen molar-refractivity contribution in [3.8, 4) is 11.5 Å². The average molecular weight is 306 g/mol. The van der Waals surface area contributed by atoms with Gasteiger partial charge < -0.3 is 10.2 Å². The number of phenolic OH excluding ortho intramolecular Hbond substituents is 2. The van der Waals surface area contributed by atoms with E-state index >= 15 is 0 Å². The molecule has 0 aliphatic heterocycles. The SMILES string of the molecule is CCCCCCCc1c(O)c(C)c(CCCCC)c(C)c1O. The predicted octanol–water partition coefficient (Wildman–Crippen LogP) is 5.96. The molecule has 0 aliphatic carbocycles. The van der Waals surface area contributed by atoms with Crippen LogP contribution in [0.3, 0.4) is 0 Å². The summed E-state index contributed by atoms with van der Waals surface area (Å²) in [6, 6.07) is 0. The maximum atomic E-state index is 10.5. The molecule has 0 unspecified atom stereocenters. The highest BCUT2D eigenvalue weighted by Crippen LogP contribution is 2.38. The van der Waals surface area contributed by atoms with Crippen molar-refractivity contribution in [3.05, 3.63) is 22.3 Å². The number of hydrogen-bond donors (Lipinski definition) is 2. The Kier molecular flexibility index (Phi) is 8.37. The highest BCUT2D eigenvalue weighted by Gasteiger charge is 2.18. The molecule has 0 spiro atoms. The zero-order valence-corrected chi connectivity index (χ0v) is 15.0. The molecule has 0 bridgehead atoms. The van der Waals surface area contributed by atoms with Crippen molar-refractivity contribution in [1.29, 1.82) is 0 Å². The van der Waals surface area contributed by atoms with Crippen LogP contribution in [0.15, 0.2) is 0 Å². The van der Waals surface area contributed by atoms with Crippen molar-refractivity contribution in [2.45, 2.75) is 91.9 Å².